The smallest absolute Gasteiger partial charge is 0.224 e. The van der Waals surface area contributed by atoms with E-state index in [2.05, 4.69) is 5.10 Å². The van der Waals surface area contributed by atoms with Gasteiger partial charge < -0.3 is 14.7 Å². The molecular weight excluding hydrogens is 330 g/mol. The second kappa shape index (κ2) is 7.91. The van der Waals surface area contributed by atoms with Crippen molar-refractivity contribution < 1.29 is 14.6 Å². The van der Waals surface area contributed by atoms with E-state index >= 15 is 0 Å². The maximum absolute atomic E-state index is 12.5. The summed E-state index contributed by atoms with van der Waals surface area (Å²) in [6.45, 7) is 5.70. The number of likely N-dealkylation sites (tertiary alicyclic amines) is 1. The minimum absolute atomic E-state index is 0.0478. The fourth-order valence-electron chi connectivity index (χ4n) is 3.25. The number of β-amino-alcohol motifs (C(OH)–C–C–N with tert-alkyl or cyclic N) is 1. The van der Waals surface area contributed by atoms with E-state index in [-0.39, 0.29) is 12.5 Å². The maximum Gasteiger partial charge on any atom is 0.224 e. The van der Waals surface area contributed by atoms with E-state index in [1.54, 1.807) is 9.58 Å². The van der Waals surface area contributed by atoms with Crippen molar-refractivity contribution in [1.82, 2.24) is 14.7 Å². The lowest BCUT2D eigenvalue weighted by Crippen LogP contribution is -2.53. The van der Waals surface area contributed by atoms with E-state index in [9.17, 15) is 9.90 Å². The Morgan fingerprint density at radius 1 is 1.27 bits per heavy atom. The van der Waals surface area contributed by atoms with Crippen LogP contribution in [0, 0.1) is 13.8 Å². The van der Waals surface area contributed by atoms with Crippen molar-refractivity contribution >= 4 is 5.91 Å². The number of carbonyl (C=O) groups is 1. The van der Waals surface area contributed by atoms with E-state index in [1.165, 1.54) is 0 Å². The summed E-state index contributed by atoms with van der Waals surface area (Å²) in [6.07, 6.45) is 3.68. The lowest BCUT2D eigenvalue weighted by atomic mass is 9.93. The van der Waals surface area contributed by atoms with Crippen LogP contribution in [0.25, 0.3) is 0 Å². The van der Waals surface area contributed by atoms with Crippen molar-refractivity contribution in [3.05, 3.63) is 47.8 Å². The Bertz CT molecular complexity index is 741. The molecule has 2 aromatic rings. The van der Waals surface area contributed by atoms with Crippen LogP contribution in [-0.4, -0.2) is 51.0 Å². The fourth-order valence-corrected chi connectivity index (χ4v) is 3.25. The zero-order valence-corrected chi connectivity index (χ0v) is 15.5. The molecule has 0 saturated carbocycles. The summed E-state index contributed by atoms with van der Waals surface area (Å²) in [7, 11) is 0. The maximum atomic E-state index is 12.5. The van der Waals surface area contributed by atoms with Gasteiger partial charge in [0.25, 0.3) is 0 Å². The van der Waals surface area contributed by atoms with Crippen LogP contribution >= 0.6 is 0 Å². The van der Waals surface area contributed by atoms with E-state index in [4.69, 9.17) is 4.74 Å². The molecule has 26 heavy (non-hydrogen) atoms. The molecule has 1 aromatic carbocycles. The quantitative estimate of drug-likeness (QED) is 0.862. The van der Waals surface area contributed by atoms with Crippen LogP contribution in [0.3, 0.4) is 0 Å². The standard InChI is InChI=1S/C20H27N3O3/c1-16-4-6-18(7-5-16)26-15-20(25)10-3-11-22(14-20)19(24)9-13-23-12-8-17(2)21-23/h4-8,12,25H,3,9-11,13-15H2,1-2H3. The number of carbonyl (C=O) groups excluding carboxylic acids is 1. The Morgan fingerprint density at radius 2 is 2.04 bits per heavy atom. The van der Waals surface area contributed by atoms with Crippen LogP contribution in [0.15, 0.2) is 36.5 Å². The molecule has 0 aliphatic carbocycles. The van der Waals surface area contributed by atoms with Crippen LogP contribution in [0.2, 0.25) is 0 Å². The molecular formula is C20H27N3O3. The molecule has 1 amide bonds. The van der Waals surface area contributed by atoms with Crippen molar-refractivity contribution in [2.24, 2.45) is 0 Å². The normalized spacial score (nSPS) is 20.2. The third-order valence-electron chi connectivity index (χ3n) is 4.77. The van der Waals surface area contributed by atoms with E-state index in [0.29, 0.717) is 32.5 Å². The molecule has 1 saturated heterocycles. The van der Waals surface area contributed by atoms with Crippen molar-refractivity contribution in [3.63, 3.8) is 0 Å². The SMILES string of the molecule is Cc1ccc(OCC2(O)CCCN(C(=O)CCn3ccc(C)n3)C2)cc1. The Labute approximate surface area is 154 Å². The fraction of sp³-hybridized carbons (Fsp3) is 0.500. The summed E-state index contributed by atoms with van der Waals surface area (Å²) in [5.74, 6) is 0.785. The molecule has 0 bridgehead atoms. The summed E-state index contributed by atoms with van der Waals surface area (Å²) in [5, 5.41) is 15.2. The second-order valence-electron chi connectivity index (χ2n) is 7.22. The first-order chi connectivity index (χ1) is 12.4. The number of rotatable bonds is 6. The summed E-state index contributed by atoms with van der Waals surface area (Å²) < 4.78 is 7.54. The number of hydrogen-bond donors (Lipinski definition) is 1. The number of ether oxygens (including phenoxy) is 1. The monoisotopic (exact) mass is 357 g/mol. The van der Waals surface area contributed by atoms with Gasteiger partial charge in [0.15, 0.2) is 0 Å². The number of aliphatic hydroxyl groups is 1. The molecule has 1 atom stereocenters. The van der Waals surface area contributed by atoms with Gasteiger partial charge in [0.05, 0.1) is 12.2 Å². The van der Waals surface area contributed by atoms with Gasteiger partial charge >= 0.3 is 0 Å². The van der Waals surface area contributed by atoms with Crippen LogP contribution in [0.4, 0.5) is 0 Å². The van der Waals surface area contributed by atoms with Gasteiger partial charge in [-0.15, -0.1) is 0 Å². The van der Waals surface area contributed by atoms with E-state index in [0.717, 1.165) is 23.4 Å². The first-order valence-corrected chi connectivity index (χ1v) is 9.13. The zero-order valence-electron chi connectivity index (χ0n) is 15.5. The second-order valence-corrected chi connectivity index (χ2v) is 7.22. The molecule has 6 heteroatoms. The first kappa shape index (κ1) is 18.5. The molecule has 6 nitrogen and oxygen atoms in total. The van der Waals surface area contributed by atoms with Crippen LogP contribution in [0.5, 0.6) is 5.75 Å². The predicted octanol–water partition coefficient (Wildman–Crippen LogP) is 2.32. The minimum Gasteiger partial charge on any atom is -0.491 e. The average Bonchev–Trinajstić information content (AvgIpc) is 3.05. The molecule has 1 fully saturated rings. The average molecular weight is 357 g/mol. The third kappa shape index (κ3) is 4.85. The number of hydrogen-bond acceptors (Lipinski definition) is 4. The van der Waals surface area contributed by atoms with Crippen molar-refractivity contribution in [3.8, 4) is 5.75 Å². The summed E-state index contributed by atoms with van der Waals surface area (Å²) in [6, 6.07) is 9.68. The molecule has 1 N–H and O–H groups in total. The van der Waals surface area contributed by atoms with Crippen LogP contribution in [0.1, 0.15) is 30.5 Å². The number of amides is 1. The number of aromatic nitrogens is 2. The van der Waals surface area contributed by atoms with Crippen molar-refractivity contribution in [1.29, 1.82) is 0 Å². The number of nitrogens with zero attached hydrogens (tertiary/aromatic N) is 3. The zero-order chi connectivity index (χ0) is 18.6. The van der Waals surface area contributed by atoms with Gasteiger partial charge in [0.2, 0.25) is 5.91 Å². The Kier molecular flexibility index (Phi) is 5.61. The summed E-state index contributed by atoms with van der Waals surface area (Å²) >= 11 is 0. The molecule has 140 valence electrons. The predicted molar refractivity (Wildman–Crippen MR) is 99.0 cm³/mol. The molecule has 3 rings (SSSR count). The van der Waals surface area contributed by atoms with Gasteiger partial charge in [-0.1, -0.05) is 17.7 Å². The number of benzene rings is 1. The minimum atomic E-state index is -0.999. The molecule has 1 aliphatic heterocycles. The highest BCUT2D eigenvalue weighted by Crippen LogP contribution is 2.23. The van der Waals surface area contributed by atoms with Crippen molar-refractivity contribution in [2.45, 2.75) is 45.3 Å². The van der Waals surface area contributed by atoms with Crippen LogP contribution in [-0.2, 0) is 11.3 Å². The van der Waals surface area contributed by atoms with Gasteiger partial charge in [-0.3, -0.25) is 9.48 Å². The van der Waals surface area contributed by atoms with E-state index in [1.807, 2.05) is 50.4 Å². The lowest BCUT2D eigenvalue weighted by Gasteiger charge is -2.39. The van der Waals surface area contributed by atoms with Gasteiger partial charge in [-0.25, -0.2) is 0 Å². The van der Waals surface area contributed by atoms with Crippen molar-refractivity contribution in [2.75, 3.05) is 19.7 Å². The molecule has 0 radical (unpaired) electrons. The highest BCUT2D eigenvalue weighted by molar-refractivity contribution is 5.76. The van der Waals surface area contributed by atoms with E-state index < -0.39 is 5.60 Å². The third-order valence-corrected chi connectivity index (χ3v) is 4.77. The van der Waals surface area contributed by atoms with Gasteiger partial charge in [-0.2, -0.15) is 5.10 Å². The Morgan fingerprint density at radius 3 is 2.73 bits per heavy atom. The largest absolute Gasteiger partial charge is 0.491 e. The highest BCUT2D eigenvalue weighted by Gasteiger charge is 2.35. The van der Waals surface area contributed by atoms with Gasteiger partial charge in [0.1, 0.15) is 18.0 Å². The van der Waals surface area contributed by atoms with Gasteiger partial charge in [0, 0.05) is 25.7 Å². The highest BCUT2D eigenvalue weighted by atomic mass is 16.5. The topological polar surface area (TPSA) is 67.6 Å². The lowest BCUT2D eigenvalue weighted by molar-refractivity contribution is -0.140. The van der Waals surface area contributed by atoms with Crippen LogP contribution < -0.4 is 4.74 Å². The molecule has 1 aliphatic rings. The first-order valence-electron chi connectivity index (χ1n) is 9.13. The molecule has 1 unspecified atom stereocenters. The Balaban J connectivity index is 1.51. The number of piperidine rings is 1. The molecule has 2 heterocycles. The summed E-state index contributed by atoms with van der Waals surface area (Å²) in [5.41, 5.74) is 1.11. The molecule has 1 aromatic heterocycles. The molecule has 0 spiro atoms. The number of aryl methyl sites for hydroxylation is 3. The Hall–Kier alpha value is -2.34. The summed E-state index contributed by atoms with van der Waals surface area (Å²) in [4.78, 5) is 14.3. The van der Waals surface area contributed by atoms with Gasteiger partial charge in [-0.05, 0) is 44.9 Å².